The summed E-state index contributed by atoms with van der Waals surface area (Å²) < 4.78 is 5.29. The van der Waals surface area contributed by atoms with Gasteiger partial charge in [-0.1, -0.05) is 34.4 Å². The highest BCUT2D eigenvalue weighted by Crippen LogP contribution is 2.23. The fourth-order valence-electron chi connectivity index (χ4n) is 3.65. The monoisotopic (exact) mass is 474 g/mol. The van der Waals surface area contributed by atoms with Crippen molar-refractivity contribution in [3.05, 3.63) is 58.2 Å². The van der Waals surface area contributed by atoms with Crippen LogP contribution in [0.5, 0.6) is 0 Å². The first kappa shape index (κ1) is 22.6. The molecule has 168 valence electrons. The molecule has 1 aliphatic rings. The SMILES string of the molecule is O=C(CCc1nc(-c2ncccn2)no1)N(CCN1CCCC1)Cc1ccc(Cl)c(Cl)c1. The topological polar surface area (TPSA) is 88.2 Å². The molecule has 0 bridgehead atoms. The van der Waals surface area contributed by atoms with E-state index in [1.807, 2.05) is 17.0 Å². The smallest absolute Gasteiger partial charge is 0.240 e. The van der Waals surface area contributed by atoms with E-state index < -0.39 is 0 Å². The molecular formula is C22H24Cl2N6O2. The van der Waals surface area contributed by atoms with Crippen molar-refractivity contribution in [2.45, 2.75) is 32.2 Å². The summed E-state index contributed by atoms with van der Waals surface area (Å²) in [5, 5.41) is 4.90. The second-order valence-electron chi connectivity index (χ2n) is 7.70. The molecule has 0 spiro atoms. The molecule has 1 saturated heterocycles. The van der Waals surface area contributed by atoms with Gasteiger partial charge in [-0.05, 0) is 49.7 Å². The average Bonchev–Trinajstić information content (AvgIpc) is 3.50. The van der Waals surface area contributed by atoms with Crippen molar-refractivity contribution in [2.75, 3.05) is 26.2 Å². The Bertz CT molecular complexity index is 1040. The molecule has 3 heterocycles. The summed E-state index contributed by atoms with van der Waals surface area (Å²) in [7, 11) is 0. The lowest BCUT2D eigenvalue weighted by Crippen LogP contribution is -2.37. The molecule has 2 aromatic heterocycles. The minimum atomic E-state index is 0.0194. The fourth-order valence-corrected chi connectivity index (χ4v) is 3.97. The van der Waals surface area contributed by atoms with Gasteiger partial charge >= 0.3 is 0 Å². The first-order valence-electron chi connectivity index (χ1n) is 10.6. The Labute approximate surface area is 196 Å². The number of likely N-dealkylation sites (tertiary alicyclic amines) is 1. The fraction of sp³-hybridized carbons (Fsp3) is 0.409. The zero-order valence-corrected chi connectivity index (χ0v) is 19.1. The molecule has 1 fully saturated rings. The molecule has 0 saturated carbocycles. The molecule has 3 aromatic rings. The Kier molecular flexibility index (Phi) is 7.68. The molecule has 1 aliphatic heterocycles. The Hall–Kier alpha value is -2.55. The van der Waals surface area contributed by atoms with Gasteiger partial charge in [0.1, 0.15) is 0 Å². The van der Waals surface area contributed by atoms with E-state index in [1.54, 1.807) is 24.5 Å². The lowest BCUT2D eigenvalue weighted by molar-refractivity contribution is -0.132. The number of aromatic nitrogens is 4. The van der Waals surface area contributed by atoms with Crippen LogP contribution in [0.1, 0.15) is 30.7 Å². The van der Waals surface area contributed by atoms with E-state index in [2.05, 4.69) is 25.0 Å². The van der Waals surface area contributed by atoms with E-state index >= 15 is 0 Å². The summed E-state index contributed by atoms with van der Waals surface area (Å²) in [6, 6.07) is 7.18. The first-order chi connectivity index (χ1) is 15.6. The Morgan fingerprint density at radius 3 is 2.62 bits per heavy atom. The third-order valence-corrected chi connectivity index (χ3v) is 6.12. The van der Waals surface area contributed by atoms with Crippen LogP contribution >= 0.6 is 23.2 Å². The number of benzene rings is 1. The van der Waals surface area contributed by atoms with E-state index in [-0.39, 0.29) is 12.3 Å². The van der Waals surface area contributed by atoms with Gasteiger partial charge in [0.15, 0.2) is 0 Å². The molecular weight excluding hydrogens is 451 g/mol. The van der Waals surface area contributed by atoms with Gasteiger partial charge in [0, 0.05) is 44.9 Å². The van der Waals surface area contributed by atoms with Crippen molar-refractivity contribution in [1.29, 1.82) is 0 Å². The van der Waals surface area contributed by atoms with E-state index in [4.69, 9.17) is 27.7 Å². The normalized spacial score (nSPS) is 14.1. The average molecular weight is 475 g/mol. The van der Waals surface area contributed by atoms with Crippen molar-refractivity contribution in [3.63, 3.8) is 0 Å². The van der Waals surface area contributed by atoms with Crippen LogP contribution in [0.25, 0.3) is 11.6 Å². The van der Waals surface area contributed by atoms with Crippen LogP contribution in [0.3, 0.4) is 0 Å². The predicted octanol–water partition coefficient (Wildman–Crippen LogP) is 3.89. The van der Waals surface area contributed by atoms with E-state index in [0.717, 1.165) is 25.2 Å². The highest BCUT2D eigenvalue weighted by atomic mass is 35.5. The number of hydrogen-bond acceptors (Lipinski definition) is 7. The lowest BCUT2D eigenvalue weighted by atomic mass is 10.2. The van der Waals surface area contributed by atoms with E-state index in [0.29, 0.717) is 47.1 Å². The minimum absolute atomic E-state index is 0.0194. The van der Waals surface area contributed by atoms with Crippen LogP contribution in [-0.4, -0.2) is 62.0 Å². The van der Waals surface area contributed by atoms with Crippen molar-refractivity contribution in [1.82, 2.24) is 29.9 Å². The molecule has 10 heteroatoms. The van der Waals surface area contributed by atoms with Gasteiger partial charge in [-0.3, -0.25) is 4.79 Å². The number of carbonyl (C=O) groups is 1. The highest BCUT2D eigenvalue weighted by molar-refractivity contribution is 6.42. The standard InChI is InChI=1S/C22H24Cl2N6O2/c23-17-5-4-16(14-18(17)24)15-30(13-12-29-10-1-2-11-29)20(31)7-6-19-27-22(28-32-19)21-25-8-3-9-26-21/h3-5,8-9,14H,1-2,6-7,10-13,15H2. The van der Waals surface area contributed by atoms with Gasteiger partial charge < -0.3 is 14.3 Å². The van der Waals surface area contributed by atoms with Crippen molar-refractivity contribution in [2.24, 2.45) is 0 Å². The summed E-state index contributed by atoms with van der Waals surface area (Å²) >= 11 is 12.2. The molecule has 4 rings (SSSR count). The van der Waals surface area contributed by atoms with Gasteiger partial charge in [0.05, 0.1) is 10.0 Å². The number of aryl methyl sites for hydroxylation is 1. The predicted molar refractivity (Wildman–Crippen MR) is 121 cm³/mol. The van der Waals surface area contributed by atoms with Crippen LogP contribution in [0.2, 0.25) is 10.0 Å². The summed E-state index contributed by atoms with van der Waals surface area (Å²) in [5.41, 5.74) is 0.940. The molecule has 8 nitrogen and oxygen atoms in total. The lowest BCUT2D eigenvalue weighted by Gasteiger charge is -2.26. The van der Waals surface area contributed by atoms with Crippen molar-refractivity contribution >= 4 is 29.1 Å². The quantitative estimate of drug-likeness (QED) is 0.464. The number of halogens is 2. The molecule has 0 N–H and O–H groups in total. The van der Waals surface area contributed by atoms with Crippen LogP contribution in [0.4, 0.5) is 0 Å². The maximum atomic E-state index is 13.1. The van der Waals surface area contributed by atoms with Gasteiger partial charge in [-0.25, -0.2) is 9.97 Å². The summed E-state index contributed by atoms with van der Waals surface area (Å²) in [6.07, 6.45) is 6.27. The number of amides is 1. The second-order valence-corrected chi connectivity index (χ2v) is 8.51. The number of rotatable bonds is 9. The highest BCUT2D eigenvalue weighted by Gasteiger charge is 2.19. The van der Waals surface area contributed by atoms with Crippen molar-refractivity contribution < 1.29 is 9.32 Å². The maximum Gasteiger partial charge on any atom is 0.240 e. The zero-order chi connectivity index (χ0) is 22.3. The minimum Gasteiger partial charge on any atom is -0.339 e. The van der Waals surface area contributed by atoms with Crippen LogP contribution < -0.4 is 0 Å². The second kappa shape index (κ2) is 10.8. The van der Waals surface area contributed by atoms with Gasteiger partial charge in [-0.15, -0.1) is 0 Å². The first-order valence-corrected chi connectivity index (χ1v) is 11.4. The summed E-state index contributed by atoms with van der Waals surface area (Å²) in [6.45, 7) is 4.13. The Morgan fingerprint density at radius 1 is 1.09 bits per heavy atom. The van der Waals surface area contributed by atoms with Crippen LogP contribution in [0, 0.1) is 0 Å². The summed E-state index contributed by atoms with van der Waals surface area (Å²) in [5.74, 6) is 1.11. The molecule has 0 aliphatic carbocycles. The van der Waals surface area contributed by atoms with Gasteiger partial charge in [0.2, 0.25) is 23.4 Å². The number of nitrogens with zero attached hydrogens (tertiary/aromatic N) is 6. The molecule has 0 atom stereocenters. The third kappa shape index (κ3) is 6.03. The molecule has 0 radical (unpaired) electrons. The molecule has 0 unspecified atom stereocenters. The maximum absolute atomic E-state index is 13.1. The van der Waals surface area contributed by atoms with Gasteiger partial charge in [-0.2, -0.15) is 4.98 Å². The molecule has 32 heavy (non-hydrogen) atoms. The Balaban J connectivity index is 1.39. The largest absolute Gasteiger partial charge is 0.339 e. The third-order valence-electron chi connectivity index (χ3n) is 5.38. The molecule has 1 amide bonds. The molecule has 1 aromatic carbocycles. The van der Waals surface area contributed by atoms with E-state index in [9.17, 15) is 4.79 Å². The van der Waals surface area contributed by atoms with Crippen LogP contribution in [-0.2, 0) is 17.8 Å². The van der Waals surface area contributed by atoms with E-state index in [1.165, 1.54) is 12.8 Å². The number of hydrogen-bond donors (Lipinski definition) is 0. The van der Waals surface area contributed by atoms with Crippen LogP contribution in [0.15, 0.2) is 41.2 Å². The Morgan fingerprint density at radius 2 is 1.88 bits per heavy atom. The number of carbonyl (C=O) groups excluding carboxylic acids is 1. The van der Waals surface area contributed by atoms with Gasteiger partial charge in [0.25, 0.3) is 0 Å². The van der Waals surface area contributed by atoms with Crippen molar-refractivity contribution in [3.8, 4) is 11.6 Å². The summed E-state index contributed by atoms with van der Waals surface area (Å²) in [4.78, 5) is 29.9. The zero-order valence-electron chi connectivity index (χ0n) is 17.6.